The summed E-state index contributed by atoms with van der Waals surface area (Å²) in [6.45, 7) is 6.90. The molecule has 0 aliphatic carbocycles. The molecule has 0 saturated carbocycles. The monoisotopic (exact) mass is 385 g/mol. The van der Waals surface area contributed by atoms with Crippen LogP contribution >= 0.6 is 0 Å². The molecule has 1 atom stereocenters. The Labute approximate surface area is 167 Å². The van der Waals surface area contributed by atoms with Crippen LogP contribution in [0, 0.1) is 5.41 Å². The number of hydrogen-bond acceptors (Lipinski definition) is 3. The molecule has 0 bridgehead atoms. The maximum absolute atomic E-state index is 12.8. The van der Waals surface area contributed by atoms with Crippen molar-refractivity contribution in [2.45, 2.75) is 52.4 Å². The van der Waals surface area contributed by atoms with Crippen molar-refractivity contribution in [2.24, 2.45) is 5.41 Å². The fraction of sp³-hybridized carbons (Fsp3) is 0.591. The van der Waals surface area contributed by atoms with E-state index < -0.39 is 0 Å². The molecule has 0 aromatic heterocycles. The molecule has 6 nitrogen and oxygen atoms in total. The SMILES string of the molecule is CCCC(=O)Nc1ccc(CC(=O)N2CCC3(CCN(CCC)C3=O)C2)cc1. The van der Waals surface area contributed by atoms with E-state index in [4.69, 9.17) is 0 Å². The van der Waals surface area contributed by atoms with E-state index in [-0.39, 0.29) is 23.1 Å². The molecule has 6 heteroatoms. The Kier molecular flexibility index (Phi) is 6.37. The van der Waals surface area contributed by atoms with Crippen LogP contribution in [0.2, 0.25) is 0 Å². The normalized spacial score (nSPS) is 21.6. The number of carbonyl (C=O) groups excluding carboxylic acids is 3. The largest absolute Gasteiger partial charge is 0.342 e. The van der Waals surface area contributed by atoms with Gasteiger partial charge in [-0.2, -0.15) is 0 Å². The van der Waals surface area contributed by atoms with E-state index in [1.54, 1.807) is 0 Å². The van der Waals surface area contributed by atoms with Gasteiger partial charge in [0, 0.05) is 38.3 Å². The molecule has 28 heavy (non-hydrogen) atoms. The minimum Gasteiger partial charge on any atom is -0.342 e. The van der Waals surface area contributed by atoms with Crippen LogP contribution in [0.5, 0.6) is 0 Å². The average molecular weight is 386 g/mol. The highest BCUT2D eigenvalue weighted by atomic mass is 16.2. The molecular weight excluding hydrogens is 354 g/mol. The third kappa shape index (κ3) is 4.37. The van der Waals surface area contributed by atoms with Crippen molar-refractivity contribution < 1.29 is 14.4 Å². The Hall–Kier alpha value is -2.37. The molecule has 1 spiro atoms. The van der Waals surface area contributed by atoms with Crippen molar-refractivity contribution in [3.05, 3.63) is 29.8 Å². The molecule has 2 aliphatic rings. The number of hydrogen-bond donors (Lipinski definition) is 1. The number of amides is 3. The van der Waals surface area contributed by atoms with Crippen LogP contribution < -0.4 is 5.32 Å². The molecule has 1 unspecified atom stereocenters. The molecular formula is C22H31N3O3. The topological polar surface area (TPSA) is 69.7 Å². The molecule has 152 valence electrons. The first kappa shape index (κ1) is 20.4. The lowest BCUT2D eigenvalue weighted by molar-refractivity contribution is -0.136. The minimum absolute atomic E-state index is 0.00652. The van der Waals surface area contributed by atoms with Gasteiger partial charge in [-0.3, -0.25) is 14.4 Å². The molecule has 3 rings (SSSR count). The van der Waals surface area contributed by atoms with Gasteiger partial charge in [-0.05, 0) is 43.4 Å². The predicted molar refractivity (Wildman–Crippen MR) is 109 cm³/mol. The standard InChI is InChI=1S/C22H31N3O3/c1-3-5-19(26)23-18-8-6-17(7-9-18)15-20(27)25-14-11-22(16-25)10-13-24(12-4-2)21(22)28/h6-9H,3-5,10-16H2,1-2H3,(H,23,26). The van der Waals surface area contributed by atoms with Crippen LogP contribution in [0.1, 0.15) is 51.5 Å². The lowest BCUT2D eigenvalue weighted by atomic mass is 9.85. The summed E-state index contributed by atoms with van der Waals surface area (Å²) in [4.78, 5) is 41.0. The predicted octanol–water partition coefficient (Wildman–Crippen LogP) is 2.83. The van der Waals surface area contributed by atoms with Gasteiger partial charge in [-0.15, -0.1) is 0 Å². The molecule has 1 aromatic rings. The maximum Gasteiger partial charge on any atom is 0.230 e. The zero-order chi connectivity index (χ0) is 20.1. The van der Waals surface area contributed by atoms with Crippen molar-refractivity contribution in [2.75, 3.05) is 31.5 Å². The van der Waals surface area contributed by atoms with Crippen LogP contribution in [0.4, 0.5) is 5.69 Å². The molecule has 1 aromatic carbocycles. The summed E-state index contributed by atoms with van der Waals surface area (Å²) in [5.41, 5.74) is 1.32. The third-order valence-corrected chi connectivity index (χ3v) is 5.87. The van der Waals surface area contributed by atoms with Gasteiger partial charge in [-0.25, -0.2) is 0 Å². The van der Waals surface area contributed by atoms with E-state index in [2.05, 4.69) is 12.2 Å². The quantitative estimate of drug-likeness (QED) is 0.785. The van der Waals surface area contributed by atoms with Crippen molar-refractivity contribution in [3.8, 4) is 0 Å². The summed E-state index contributed by atoms with van der Waals surface area (Å²) in [7, 11) is 0. The van der Waals surface area contributed by atoms with E-state index in [1.165, 1.54) is 0 Å². The first-order chi connectivity index (χ1) is 13.5. The second-order valence-electron chi connectivity index (χ2n) is 8.06. The Morgan fingerprint density at radius 2 is 1.79 bits per heavy atom. The highest BCUT2D eigenvalue weighted by Gasteiger charge is 2.51. The fourth-order valence-electron chi connectivity index (χ4n) is 4.28. The second-order valence-corrected chi connectivity index (χ2v) is 8.06. The third-order valence-electron chi connectivity index (χ3n) is 5.87. The zero-order valence-corrected chi connectivity index (χ0v) is 17.0. The lowest BCUT2D eigenvalue weighted by Crippen LogP contribution is -2.38. The van der Waals surface area contributed by atoms with Crippen LogP contribution in [0.3, 0.4) is 0 Å². The molecule has 2 aliphatic heterocycles. The van der Waals surface area contributed by atoms with Crippen LogP contribution in [0.15, 0.2) is 24.3 Å². The summed E-state index contributed by atoms with van der Waals surface area (Å²) in [5.74, 6) is 0.310. The van der Waals surface area contributed by atoms with Gasteiger partial charge in [0.15, 0.2) is 0 Å². The first-order valence-corrected chi connectivity index (χ1v) is 10.4. The van der Waals surface area contributed by atoms with Crippen LogP contribution in [-0.2, 0) is 20.8 Å². The molecule has 3 amide bonds. The first-order valence-electron chi connectivity index (χ1n) is 10.4. The van der Waals surface area contributed by atoms with Gasteiger partial charge < -0.3 is 15.1 Å². The Morgan fingerprint density at radius 3 is 2.46 bits per heavy atom. The summed E-state index contributed by atoms with van der Waals surface area (Å²) >= 11 is 0. The molecule has 2 fully saturated rings. The van der Waals surface area contributed by atoms with E-state index in [0.717, 1.165) is 50.0 Å². The molecule has 0 radical (unpaired) electrons. The van der Waals surface area contributed by atoms with Crippen molar-refractivity contribution >= 4 is 23.4 Å². The molecule has 2 saturated heterocycles. The molecule has 2 heterocycles. The van der Waals surface area contributed by atoms with E-state index >= 15 is 0 Å². The highest BCUT2D eigenvalue weighted by molar-refractivity contribution is 5.91. The van der Waals surface area contributed by atoms with Gasteiger partial charge in [0.1, 0.15) is 0 Å². The Morgan fingerprint density at radius 1 is 1.07 bits per heavy atom. The number of benzene rings is 1. The van der Waals surface area contributed by atoms with E-state index in [1.807, 2.05) is 41.0 Å². The second kappa shape index (κ2) is 8.76. The van der Waals surface area contributed by atoms with E-state index in [0.29, 0.717) is 25.9 Å². The summed E-state index contributed by atoms with van der Waals surface area (Å²) in [5, 5.41) is 2.85. The molecule has 1 N–H and O–H groups in total. The number of likely N-dealkylation sites (tertiary alicyclic amines) is 2. The Bertz CT molecular complexity index is 731. The summed E-state index contributed by atoms with van der Waals surface area (Å²) in [6.07, 6.45) is 4.26. The van der Waals surface area contributed by atoms with Crippen LogP contribution in [0.25, 0.3) is 0 Å². The van der Waals surface area contributed by atoms with Crippen molar-refractivity contribution in [1.82, 2.24) is 9.80 Å². The smallest absolute Gasteiger partial charge is 0.230 e. The zero-order valence-electron chi connectivity index (χ0n) is 17.0. The van der Waals surface area contributed by atoms with Gasteiger partial charge in [-0.1, -0.05) is 26.0 Å². The van der Waals surface area contributed by atoms with Crippen molar-refractivity contribution in [1.29, 1.82) is 0 Å². The van der Waals surface area contributed by atoms with Gasteiger partial charge in [0.2, 0.25) is 17.7 Å². The summed E-state index contributed by atoms with van der Waals surface area (Å²) in [6, 6.07) is 7.44. The van der Waals surface area contributed by atoms with Gasteiger partial charge in [0.05, 0.1) is 11.8 Å². The lowest BCUT2D eigenvalue weighted by Gasteiger charge is -2.23. The Balaban J connectivity index is 1.54. The van der Waals surface area contributed by atoms with Crippen molar-refractivity contribution in [3.63, 3.8) is 0 Å². The average Bonchev–Trinajstić information content (AvgIpc) is 3.24. The minimum atomic E-state index is -0.349. The maximum atomic E-state index is 12.8. The number of nitrogens with one attached hydrogen (secondary N) is 1. The summed E-state index contributed by atoms with van der Waals surface area (Å²) < 4.78 is 0. The van der Waals surface area contributed by atoms with E-state index in [9.17, 15) is 14.4 Å². The number of nitrogens with zero attached hydrogens (tertiary/aromatic N) is 2. The number of carbonyl (C=O) groups is 3. The van der Waals surface area contributed by atoms with Gasteiger partial charge in [0.25, 0.3) is 0 Å². The number of anilines is 1. The highest BCUT2D eigenvalue weighted by Crippen LogP contribution is 2.40. The number of rotatable bonds is 7. The fourth-order valence-corrected chi connectivity index (χ4v) is 4.28. The van der Waals surface area contributed by atoms with Crippen LogP contribution in [-0.4, -0.2) is 53.7 Å². The van der Waals surface area contributed by atoms with Gasteiger partial charge >= 0.3 is 0 Å².